The number of primary amides is 1. The smallest absolute Gasteiger partial charge is 0.258 e. The number of carbonyl (C=O) groups is 1. The fourth-order valence-electron chi connectivity index (χ4n) is 2.53. The van der Waals surface area contributed by atoms with Crippen LogP contribution in [0.5, 0.6) is 0 Å². The molecule has 1 amide bonds. The maximum atomic E-state index is 12.5. The Morgan fingerprint density at radius 2 is 1.95 bits per heavy atom. The van der Waals surface area contributed by atoms with Crippen molar-refractivity contribution < 1.29 is 13.2 Å². The highest BCUT2D eigenvalue weighted by molar-refractivity contribution is 7.89. The van der Waals surface area contributed by atoms with Crippen molar-refractivity contribution in [3.05, 3.63) is 16.3 Å². The lowest BCUT2D eigenvalue weighted by Gasteiger charge is -2.33. The lowest BCUT2D eigenvalue weighted by molar-refractivity contribution is 0.100. The minimum absolute atomic E-state index is 0.174. The van der Waals surface area contributed by atoms with Gasteiger partial charge in [0.2, 0.25) is 10.0 Å². The van der Waals surface area contributed by atoms with Gasteiger partial charge in [-0.05, 0) is 24.3 Å². The summed E-state index contributed by atoms with van der Waals surface area (Å²) in [5.74, 6) is 0.118. The van der Waals surface area contributed by atoms with Crippen LogP contribution in [0.3, 0.4) is 0 Å². The molecule has 2 heterocycles. The first-order valence-corrected chi connectivity index (χ1v) is 8.51. The van der Waals surface area contributed by atoms with Crippen LogP contribution in [0, 0.1) is 11.8 Å². The minimum Gasteiger partial charge on any atom is -0.365 e. The molecule has 0 aromatic carbocycles. The molecule has 2 rings (SSSR count). The van der Waals surface area contributed by atoms with Crippen LogP contribution in [0.1, 0.15) is 29.9 Å². The number of nitrogens with zero attached hydrogens (tertiary/aromatic N) is 1. The summed E-state index contributed by atoms with van der Waals surface area (Å²) in [6.45, 7) is 5.18. The van der Waals surface area contributed by atoms with Gasteiger partial charge in [-0.25, -0.2) is 8.42 Å². The number of nitrogens with two attached hydrogens (primary N) is 1. The number of hydrogen-bond acceptors (Lipinski definition) is 4. The fraction of sp³-hybridized carbons (Fsp3) is 0.583. The quantitative estimate of drug-likeness (QED) is 0.919. The number of amides is 1. The first kappa shape index (κ1) is 14.5. The number of sulfonamides is 1. The van der Waals surface area contributed by atoms with E-state index in [9.17, 15) is 13.2 Å². The highest BCUT2D eigenvalue weighted by Crippen LogP contribution is 2.28. The monoisotopic (exact) mass is 302 g/mol. The van der Waals surface area contributed by atoms with E-state index in [2.05, 4.69) is 13.8 Å². The number of carbonyl (C=O) groups excluding carboxylic acids is 1. The highest BCUT2D eigenvalue weighted by Gasteiger charge is 2.32. The third kappa shape index (κ3) is 2.98. The van der Waals surface area contributed by atoms with E-state index in [0.717, 1.165) is 17.8 Å². The van der Waals surface area contributed by atoms with E-state index < -0.39 is 15.9 Å². The number of thiophene rings is 1. The molecular weight excluding hydrogens is 284 g/mol. The van der Waals surface area contributed by atoms with Crippen molar-refractivity contribution in [2.45, 2.75) is 25.2 Å². The first-order valence-electron chi connectivity index (χ1n) is 6.19. The summed E-state index contributed by atoms with van der Waals surface area (Å²) < 4.78 is 26.5. The lowest BCUT2D eigenvalue weighted by atomic mass is 9.94. The van der Waals surface area contributed by atoms with E-state index in [1.54, 1.807) is 0 Å². The van der Waals surface area contributed by atoms with Gasteiger partial charge in [-0.1, -0.05) is 13.8 Å². The van der Waals surface area contributed by atoms with Crippen LogP contribution in [-0.4, -0.2) is 31.7 Å². The molecule has 0 aliphatic carbocycles. The van der Waals surface area contributed by atoms with E-state index in [-0.39, 0.29) is 9.77 Å². The van der Waals surface area contributed by atoms with Gasteiger partial charge < -0.3 is 5.73 Å². The Bertz CT molecular complexity index is 570. The van der Waals surface area contributed by atoms with Gasteiger partial charge in [0.1, 0.15) is 0 Å². The van der Waals surface area contributed by atoms with E-state index >= 15 is 0 Å². The largest absolute Gasteiger partial charge is 0.365 e. The zero-order valence-electron chi connectivity index (χ0n) is 11.0. The molecule has 2 atom stereocenters. The van der Waals surface area contributed by atoms with Crippen molar-refractivity contribution in [1.82, 2.24) is 4.31 Å². The fourth-order valence-corrected chi connectivity index (χ4v) is 5.33. The van der Waals surface area contributed by atoms with Gasteiger partial charge in [0.05, 0.1) is 9.77 Å². The molecule has 1 saturated heterocycles. The molecule has 5 nitrogen and oxygen atoms in total. The second-order valence-electron chi connectivity index (χ2n) is 5.28. The Kier molecular flexibility index (Phi) is 3.98. The van der Waals surface area contributed by atoms with Crippen LogP contribution < -0.4 is 5.73 Å². The summed E-state index contributed by atoms with van der Waals surface area (Å²) >= 11 is 1.07. The topological polar surface area (TPSA) is 80.5 Å². The number of rotatable bonds is 3. The Hall–Kier alpha value is -0.920. The molecule has 1 aromatic heterocycles. The maximum Gasteiger partial charge on any atom is 0.258 e. The molecule has 1 fully saturated rings. The molecule has 1 aromatic rings. The summed E-state index contributed by atoms with van der Waals surface area (Å²) in [5.41, 5.74) is 5.16. The van der Waals surface area contributed by atoms with Gasteiger partial charge in [0.25, 0.3) is 5.91 Å². The van der Waals surface area contributed by atoms with Gasteiger partial charge in [0, 0.05) is 18.5 Å². The van der Waals surface area contributed by atoms with Crippen LogP contribution >= 0.6 is 11.3 Å². The SMILES string of the molecule is CC1CC(C)CN(S(=O)(=O)c2csc(C(N)=O)c2)C1. The predicted octanol–water partition coefficient (Wildman–Crippen LogP) is 1.51. The van der Waals surface area contributed by atoms with E-state index in [0.29, 0.717) is 24.9 Å². The first-order chi connectivity index (χ1) is 8.80. The van der Waals surface area contributed by atoms with Crippen LogP contribution in [-0.2, 0) is 10.0 Å². The van der Waals surface area contributed by atoms with Crippen LogP contribution in [0.15, 0.2) is 16.3 Å². The zero-order valence-corrected chi connectivity index (χ0v) is 12.6. The van der Waals surface area contributed by atoms with Crippen molar-refractivity contribution in [1.29, 1.82) is 0 Å². The lowest BCUT2D eigenvalue weighted by Crippen LogP contribution is -2.42. The summed E-state index contributed by atoms with van der Waals surface area (Å²) in [7, 11) is -3.50. The van der Waals surface area contributed by atoms with Gasteiger partial charge in [-0.3, -0.25) is 4.79 Å². The minimum atomic E-state index is -3.50. The highest BCUT2D eigenvalue weighted by atomic mass is 32.2. The number of hydrogen-bond donors (Lipinski definition) is 1. The second-order valence-corrected chi connectivity index (χ2v) is 8.13. The van der Waals surface area contributed by atoms with Crippen molar-refractivity contribution in [3.8, 4) is 0 Å². The van der Waals surface area contributed by atoms with Crippen molar-refractivity contribution >= 4 is 27.3 Å². The van der Waals surface area contributed by atoms with Crippen molar-refractivity contribution in [3.63, 3.8) is 0 Å². The van der Waals surface area contributed by atoms with Gasteiger partial charge in [-0.15, -0.1) is 11.3 Å². The predicted molar refractivity (Wildman–Crippen MR) is 74.5 cm³/mol. The number of piperidine rings is 1. The Morgan fingerprint density at radius 3 is 2.42 bits per heavy atom. The normalized spacial score (nSPS) is 25.4. The van der Waals surface area contributed by atoms with Gasteiger partial charge in [-0.2, -0.15) is 4.31 Å². The second kappa shape index (κ2) is 5.22. The molecule has 2 N–H and O–H groups in total. The molecule has 1 aliphatic heterocycles. The Labute approximate surface area is 117 Å². The van der Waals surface area contributed by atoms with Crippen molar-refractivity contribution in [2.24, 2.45) is 17.6 Å². The summed E-state index contributed by atoms with van der Waals surface area (Å²) in [6, 6.07) is 1.37. The van der Waals surface area contributed by atoms with Crippen LogP contribution in [0.4, 0.5) is 0 Å². The molecule has 1 aliphatic rings. The molecule has 106 valence electrons. The molecule has 0 radical (unpaired) electrons. The summed E-state index contributed by atoms with van der Waals surface area (Å²) in [6.07, 6.45) is 1.04. The van der Waals surface area contributed by atoms with E-state index in [4.69, 9.17) is 5.73 Å². The molecule has 0 saturated carbocycles. The molecule has 0 spiro atoms. The zero-order chi connectivity index (χ0) is 14.2. The van der Waals surface area contributed by atoms with Gasteiger partial charge >= 0.3 is 0 Å². The molecule has 19 heavy (non-hydrogen) atoms. The average molecular weight is 302 g/mol. The average Bonchev–Trinajstić information content (AvgIpc) is 2.77. The maximum absolute atomic E-state index is 12.5. The molecule has 0 bridgehead atoms. The summed E-state index contributed by atoms with van der Waals surface area (Å²) in [4.78, 5) is 11.5. The third-order valence-electron chi connectivity index (χ3n) is 3.29. The standard InChI is InChI=1S/C12H18N2O3S2/c1-8-3-9(2)6-14(5-8)19(16,17)10-4-11(12(13)15)18-7-10/h4,7-9H,3,5-6H2,1-2H3,(H2,13,15). The van der Waals surface area contributed by atoms with E-state index in [1.807, 2.05) is 0 Å². The van der Waals surface area contributed by atoms with Gasteiger partial charge in [0.15, 0.2) is 0 Å². The third-order valence-corrected chi connectivity index (χ3v) is 6.19. The Morgan fingerprint density at radius 1 is 1.37 bits per heavy atom. The molecule has 2 unspecified atom stereocenters. The van der Waals surface area contributed by atoms with Crippen LogP contribution in [0.2, 0.25) is 0 Å². The molecule has 7 heteroatoms. The summed E-state index contributed by atoms with van der Waals surface area (Å²) in [5, 5.41) is 1.49. The van der Waals surface area contributed by atoms with Crippen LogP contribution in [0.25, 0.3) is 0 Å². The van der Waals surface area contributed by atoms with Crippen molar-refractivity contribution in [2.75, 3.05) is 13.1 Å². The Balaban J connectivity index is 2.28. The molecular formula is C12H18N2O3S2. The van der Waals surface area contributed by atoms with E-state index in [1.165, 1.54) is 15.8 Å².